The smallest absolute Gasteiger partial charge is 0.204 e. The van der Waals surface area contributed by atoms with Gasteiger partial charge in [-0.3, -0.25) is 4.57 Å². The standard InChI is InChI=1S/C12H12N2S/c1-9-8-10(2)14(12(15)13-9)11-6-4-3-5-7-11/h3-8H,1-2H3. The summed E-state index contributed by atoms with van der Waals surface area (Å²) in [6, 6.07) is 12.1. The largest absolute Gasteiger partial charge is 0.290 e. The lowest BCUT2D eigenvalue weighted by Gasteiger charge is -2.10. The molecule has 76 valence electrons. The summed E-state index contributed by atoms with van der Waals surface area (Å²) in [6.45, 7) is 4.00. The van der Waals surface area contributed by atoms with Crippen molar-refractivity contribution in [3.05, 3.63) is 52.6 Å². The molecule has 1 heterocycles. The molecule has 0 saturated carbocycles. The molecule has 0 unspecified atom stereocenters. The molecule has 2 nitrogen and oxygen atoms in total. The average molecular weight is 216 g/mol. The molecular formula is C12H12N2S. The Hall–Kier alpha value is -1.48. The van der Waals surface area contributed by atoms with Crippen LogP contribution in [0.5, 0.6) is 0 Å². The Labute approximate surface area is 94.2 Å². The van der Waals surface area contributed by atoms with Gasteiger partial charge in [-0.2, -0.15) is 0 Å². The van der Waals surface area contributed by atoms with Crippen molar-refractivity contribution in [2.75, 3.05) is 0 Å². The zero-order valence-electron chi connectivity index (χ0n) is 8.77. The summed E-state index contributed by atoms with van der Waals surface area (Å²) in [5.74, 6) is 0. The molecule has 2 aromatic rings. The van der Waals surface area contributed by atoms with Crippen LogP contribution in [0.2, 0.25) is 0 Å². The van der Waals surface area contributed by atoms with Crippen molar-refractivity contribution >= 4 is 12.2 Å². The average Bonchev–Trinajstić information content (AvgIpc) is 2.17. The van der Waals surface area contributed by atoms with Gasteiger partial charge in [0.1, 0.15) is 0 Å². The molecule has 0 amide bonds. The zero-order chi connectivity index (χ0) is 10.8. The van der Waals surface area contributed by atoms with Crippen molar-refractivity contribution in [3.8, 4) is 5.69 Å². The first kappa shape index (κ1) is 10.1. The summed E-state index contributed by atoms with van der Waals surface area (Å²) in [4.78, 5) is 4.29. The summed E-state index contributed by atoms with van der Waals surface area (Å²) in [5, 5.41) is 0. The van der Waals surface area contributed by atoms with Crippen molar-refractivity contribution in [2.24, 2.45) is 0 Å². The van der Waals surface area contributed by atoms with E-state index in [4.69, 9.17) is 12.2 Å². The molecule has 15 heavy (non-hydrogen) atoms. The normalized spacial score (nSPS) is 10.3. The molecule has 0 aliphatic rings. The third-order valence-electron chi connectivity index (χ3n) is 2.25. The minimum Gasteiger partial charge on any atom is -0.290 e. The fraction of sp³-hybridized carbons (Fsp3) is 0.167. The topological polar surface area (TPSA) is 17.8 Å². The van der Waals surface area contributed by atoms with Gasteiger partial charge in [-0.05, 0) is 44.3 Å². The van der Waals surface area contributed by atoms with E-state index in [1.54, 1.807) is 0 Å². The molecule has 0 saturated heterocycles. The summed E-state index contributed by atoms with van der Waals surface area (Å²) in [7, 11) is 0. The number of aryl methyl sites for hydroxylation is 2. The van der Waals surface area contributed by atoms with E-state index >= 15 is 0 Å². The fourth-order valence-corrected chi connectivity index (χ4v) is 2.04. The van der Waals surface area contributed by atoms with Crippen LogP contribution in [-0.2, 0) is 0 Å². The second-order valence-corrected chi connectivity index (χ2v) is 3.86. The van der Waals surface area contributed by atoms with Crippen molar-refractivity contribution in [1.29, 1.82) is 0 Å². The van der Waals surface area contributed by atoms with Gasteiger partial charge in [-0.25, -0.2) is 4.98 Å². The summed E-state index contributed by atoms with van der Waals surface area (Å²) in [5.41, 5.74) is 3.14. The molecule has 0 aliphatic heterocycles. The third-order valence-corrected chi connectivity index (χ3v) is 2.52. The van der Waals surface area contributed by atoms with Gasteiger partial charge in [-0.15, -0.1) is 0 Å². The first-order valence-corrected chi connectivity index (χ1v) is 5.22. The summed E-state index contributed by atoms with van der Waals surface area (Å²) in [6.07, 6.45) is 0. The summed E-state index contributed by atoms with van der Waals surface area (Å²) < 4.78 is 2.58. The van der Waals surface area contributed by atoms with E-state index < -0.39 is 0 Å². The minimum atomic E-state index is 0.610. The Balaban J connectivity index is 2.69. The van der Waals surface area contributed by atoms with Gasteiger partial charge < -0.3 is 0 Å². The zero-order valence-corrected chi connectivity index (χ0v) is 9.58. The lowest BCUT2D eigenvalue weighted by atomic mass is 10.3. The highest BCUT2D eigenvalue weighted by atomic mass is 32.1. The molecule has 2 rings (SSSR count). The maximum absolute atomic E-state index is 5.26. The highest BCUT2D eigenvalue weighted by Crippen LogP contribution is 2.11. The lowest BCUT2D eigenvalue weighted by Crippen LogP contribution is -2.04. The molecule has 3 heteroatoms. The Morgan fingerprint density at radius 3 is 2.40 bits per heavy atom. The molecule has 1 aromatic heterocycles. The molecule has 0 N–H and O–H groups in total. The van der Waals surface area contributed by atoms with E-state index in [2.05, 4.69) is 4.98 Å². The van der Waals surface area contributed by atoms with Gasteiger partial charge in [0.25, 0.3) is 0 Å². The number of nitrogens with zero attached hydrogens (tertiary/aromatic N) is 2. The second kappa shape index (κ2) is 3.95. The lowest BCUT2D eigenvalue weighted by molar-refractivity contribution is 0.890. The maximum atomic E-state index is 5.26. The predicted octanol–water partition coefficient (Wildman–Crippen LogP) is 3.22. The third kappa shape index (κ3) is 1.97. The van der Waals surface area contributed by atoms with Gasteiger partial charge in [0, 0.05) is 17.1 Å². The van der Waals surface area contributed by atoms with E-state index in [1.807, 2.05) is 54.8 Å². The highest BCUT2D eigenvalue weighted by Gasteiger charge is 2.01. The number of benzene rings is 1. The molecule has 1 aromatic carbocycles. The Kier molecular flexibility index (Phi) is 2.64. The van der Waals surface area contributed by atoms with Crippen LogP contribution < -0.4 is 0 Å². The molecule has 0 bridgehead atoms. The van der Waals surface area contributed by atoms with Crippen LogP contribution in [0.3, 0.4) is 0 Å². The van der Waals surface area contributed by atoms with Crippen LogP contribution in [0.15, 0.2) is 36.4 Å². The number of hydrogen-bond acceptors (Lipinski definition) is 2. The number of hydrogen-bond donors (Lipinski definition) is 0. The van der Waals surface area contributed by atoms with Crippen molar-refractivity contribution in [1.82, 2.24) is 9.55 Å². The maximum Gasteiger partial charge on any atom is 0.204 e. The molecule has 0 spiro atoms. The minimum absolute atomic E-state index is 0.610. The molecule has 0 radical (unpaired) electrons. The Bertz CT molecular complexity index is 529. The van der Waals surface area contributed by atoms with Crippen LogP contribution >= 0.6 is 12.2 Å². The Morgan fingerprint density at radius 1 is 1.13 bits per heavy atom. The van der Waals surface area contributed by atoms with Crippen LogP contribution in [0, 0.1) is 18.6 Å². The van der Waals surface area contributed by atoms with Gasteiger partial charge in [0.15, 0.2) is 0 Å². The van der Waals surface area contributed by atoms with Crippen molar-refractivity contribution in [2.45, 2.75) is 13.8 Å². The van der Waals surface area contributed by atoms with E-state index in [0.29, 0.717) is 4.77 Å². The number of aromatic nitrogens is 2. The van der Waals surface area contributed by atoms with Gasteiger partial charge in [0.2, 0.25) is 4.77 Å². The van der Waals surface area contributed by atoms with Crippen LogP contribution in [0.25, 0.3) is 5.69 Å². The quantitative estimate of drug-likeness (QED) is 0.681. The first-order valence-electron chi connectivity index (χ1n) is 4.81. The number of para-hydroxylation sites is 1. The fourth-order valence-electron chi connectivity index (χ4n) is 1.64. The van der Waals surface area contributed by atoms with E-state index in [-0.39, 0.29) is 0 Å². The van der Waals surface area contributed by atoms with Crippen LogP contribution in [-0.4, -0.2) is 9.55 Å². The molecule has 0 aliphatic carbocycles. The van der Waals surface area contributed by atoms with Gasteiger partial charge in [0.05, 0.1) is 0 Å². The molecule has 0 fully saturated rings. The summed E-state index contributed by atoms with van der Waals surface area (Å²) >= 11 is 5.26. The molecular weight excluding hydrogens is 204 g/mol. The molecule has 0 atom stereocenters. The second-order valence-electron chi connectivity index (χ2n) is 3.49. The van der Waals surface area contributed by atoms with Crippen molar-refractivity contribution < 1.29 is 0 Å². The van der Waals surface area contributed by atoms with Crippen LogP contribution in [0.1, 0.15) is 11.4 Å². The van der Waals surface area contributed by atoms with Crippen LogP contribution in [0.4, 0.5) is 0 Å². The van der Waals surface area contributed by atoms with E-state index in [1.165, 1.54) is 0 Å². The first-order chi connectivity index (χ1) is 7.18. The van der Waals surface area contributed by atoms with E-state index in [0.717, 1.165) is 17.1 Å². The van der Waals surface area contributed by atoms with Gasteiger partial charge >= 0.3 is 0 Å². The highest BCUT2D eigenvalue weighted by molar-refractivity contribution is 7.71. The SMILES string of the molecule is Cc1cc(C)n(-c2ccccc2)c(=S)n1. The Morgan fingerprint density at radius 2 is 1.80 bits per heavy atom. The van der Waals surface area contributed by atoms with Crippen molar-refractivity contribution in [3.63, 3.8) is 0 Å². The van der Waals surface area contributed by atoms with Gasteiger partial charge in [-0.1, -0.05) is 18.2 Å². The van der Waals surface area contributed by atoms with E-state index in [9.17, 15) is 0 Å². The predicted molar refractivity (Wildman–Crippen MR) is 63.9 cm³/mol. The monoisotopic (exact) mass is 216 g/mol. The number of rotatable bonds is 1.